The molecule has 0 aromatic heterocycles. The third-order valence-corrected chi connectivity index (χ3v) is 4.74. The normalized spacial score (nSPS) is 21.1. The summed E-state index contributed by atoms with van der Waals surface area (Å²) in [7, 11) is 0. The molecule has 1 heterocycles. The predicted molar refractivity (Wildman–Crippen MR) is 74.2 cm³/mol. The van der Waals surface area contributed by atoms with Crippen LogP contribution in [0, 0.1) is 5.41 Å². The number of hydrogen-bond donors (Lipinski definition) is 1. The molecule has 1 saturated carbocycles. The summed E-state index contributed by atoms with van der Waals surface area (Å²) < 4.78 is 0.940. The monoisotopic (exact) mass is 309 g/mol. The van der Waals surface area contributed by atoms with Gasteiger partial charge in [-0.05, 0) is 31.0 Å². The summed E-state index contributed by atoms with van der Waals surface area (Å²) in [5.41, 5.74) is 1.75. The first-order valence-corrected chi connectivity index (χ1v) is 7.17. The lowest BCUT2D eigenvalue weighted by molar-refractivity contribution is 0.0696. The molecule has 18 heavy (non-hydrogen) atoms. The SMILES string of the molecule is O=C(O)c1ccc(Br)cc1N1CC2(CCCC2)C1. The highest BCUT2D eigenvalue weighted by molar-refractivity contribution is 9.10. The highest BCUT2D eigenvalue weighted by Crippen LogP contribution is 2.47. The van der Waals surface area contributed by atoms with E-state index in [0.717, 1.165) is 23.2 Å². The van der Waals surface area contributed by atoms with Crippen molar-refractivity contribution in [2.24, 2.45) is 5.41 Å². The van der Waals surface area contributed by atoms with Crippen molar-refractivity contribution in [1.29, 1.82) is 0 Å². The number of aromatic carboxylic acids is 1. The van der Waals surface area contributed by atoms with Crippen LogP contribution in [0.2, 0.25) is 0 Å². The van der Waals surface area contributed by atoms with Gasteiger partial charge in [0.1, 0.15) is 0 Å². The third kappa shape index (κ3) is 1.92. The summed E-state index contributed by atoms with van der Waals surface area (Å²) in [4.78, 5) is 13.5. The lowest BCUT2D eigenvalue weighted by Gasteiger charge is -2.50. The molecule has 0 unspecified atom stereocenters. The number of carboxylic acids is 1. The van der Waals surface area contributed by atoms with Gasteiger partial charge in [0.25, 0.3) is 0 Å². The van der Waals surface area contributed by atoms with Crippen molar-refractivity contribution in [2.75, 3.05) is 18.0 Å². The zero-order valence-electron chi connectivity index (χ0n) is 10.2. The smallest absolute Gasteiger partial charge is 0.337 e. The van der Waals surface area contributed by atoms with Gasteiger partial charge in [0.05, 0.1) is 11.3 Å². The number of hydrogen-bond acceptors (Lipinski definition) is 2. The van der Waals surface area contributed by atoms with E-state index in [0.29, 0.717) is 11.0 Å². The van der Waals surface area contributed by atoms with E-state index in [9.17, 15) is 9.90 Å². The lowest BCUT2D eigenvalue weighted by atomic mass is 9.78. The minimum atomic E-state index is -0.843. The molecule has 1 aliphatic heterocycles. The first-order chi connectivity index (χ1) is 8.60. The van der Waals surface area contributed by atoms with Crippen molar-refractivity contribution in [3.63, 3.8) is 0 Å². The second kappa shape index (κ2) is 4.26. The fourth-order valence-corrected chi connectivity index (χ4v) is 3.67. The van der Waals surface area contributed by atoms with E-state index in [1.54, 1.807) is 12.1 Å². The third-order valence-electron chi connectivity index (χ3n) is 4.25. The minimum Gasteiger partial charge on any atom is -0.478 e. The first kappa shape index (κ1) is 12.0. The van der Waals surface area contributed by atoms with Crippen LogP contribution in [0.5, 0.6) is 0 Å². The molecule has 2 aliphatic rings. The van der Waals surface area contributed by atoms with Crippen molar-refractivity contribution in [2.45, 2.75) is 25.7 Å². The number of rotatable bonds is 2. The fraction of sp³-hybridized carbons (Fsp3) is 0.500. The van der Waals surface area contributed by atoms with Gasteiger partial charge in [0.2, 0.25) is 0 Å². The molecule has 1 aromatic carbocycles. The quantitative estimate of drug-likeness (QED) is 0.908. The van der Waals surface area contributed by atoms with Crippen LogP contribution in [0.4, 0.5) is 5.69 Å². The van der Waals surface area contributed by atoms with Crippen molar-refractivity contribution in [3.05, 3.63) is 28.2 Å². The zero-order valence-corrected chi connectivity index (χ0v) is 11.7. The Labute approximate surface area is 115 Å². The summed E-state index contributed by atoms with van der Waals surface area (Å²) in [5.74, 6) is -0.843. The van der Waals surface area contributed by atoms with E-state index in [4.69, 9.17) is 0 Å². The number of carboxylic acid groups (broad SMARTS) is 1. The highest BCUT2D eigenvalue weighted by atomic mass is 79.9. The van der Waals surface area contributed by atoms with Crippen LogP contribution in [0.3, 0.4) is 0 Å². The average Bonchev–Trinajstić information content (AvgIpc) is 2.75. The molecule has 0 atom stereocenters. The largest absolute Gasteiger partial charge is 0.478 e. The molecule has 1 aromatic rings. The zero-order chi connectivity index (χ0) is 12.8. The number of anilines is 1. The Kier molecular flexibility index (Phi) is 2.85. The van der Waals surface area contributed by atoms with Crippen molar-refractivity contribution in [3.8, 4) is 0 Å². The van der Waals surface area contributed by atoms with Gasteiger partial charge in [-0.2, -0.15) is 0 Å². The molecule has 3 nitrogen and oxygen atoms in total. The van der Waals surface area contributed by atoms with E-state index in [2.05, 4.69) is 20.8 Å². The Balaban J connectivity index is 1.85. The highest BCUT2D eigenvalue weighted by Gasteiger charge is 2.45. The van der Waals surface area contributed by atoms with Crippen LogP contribution in [-0.2, 0) is 0 Å². The molecule has 4 heteroatoms. The van der Waals surface area contributed by atoms with Crippen molar-refractivity contribution < 1.29 is 9.90 Å². The Morgan fingerprint density at radius 3 is 2.56 bits per heavy atom. The maximum atomic E-state index is 11.2. The van der Waals surface area contributed by atoms with Gasteiger partial charge >= 0.3 is 5.97 Å². The molecule has 1 saturated heterocycles. The molecule has 96 valence electrons. The van der Waals surface area contributed by atoms with Gasteiger partial charge in [-0.1, -0.05) is 28.8 Å². The van der Waals surface area contributed by atoms with Crippen LogP contribution < -0.4 is 4.90 Å². The number of nitrogens with zero attached hydrogens (tertiary/aromatic N) is 1. The van der Waals surface area contributed by atoms with E-state index >= 15 is 0 Å². The Morgan fingerprint density at radius 2 is 1.94 bits per heavy atom. The molecule has 1 aliphatic carbocycles. The number of benzene rings is 1. The van der Waals surface area contributed by atoms with Crippen LogP contribution in [-0.4, -0.2) is 24.2 Å². The summed E-state index contributed by atoms with van der Waals surface area (Å²) in [6.45, 7) is 2.04. The van der Waals surface area contributed by atoms with Crippen LogP contribution in [0.15, 0.2) is 22.7 Å². The van der Waals surface area contributed by atoms with Gasteiger partial charge in [-0.15, -0.1) is 0 Å². The summed E-state index contributed by atoms with van der Waals surface area (Å²) >= 11 is 3.42. The predicted octanol–water partition coefficient (Wildman–Crippen LogP) is 3.53. The lowest BCUT2D eigenvalue weighted by Crippen LogP contribution is -2.55. The summed E-state index contributed by atoms with van der Waals surface area (Å²) in [6.07, 6.45) is 5.27. The van der Waals surface area contributed by atoms with E-state index in [-0.39, 0.29) is 0 Å². The number of halogens is 1. The minimum absolute atomic E-state index is 0.408. The van der Waals surface area contributed by atoms with Crippen LogP contribution >= 0.6 is 15.9 Å². The van der Waals surface area contributed by atoms with E-state index < -0.39 is 5.97 Å². The Morgan fingerprint density at radius 1 is 1.28 bits per heavy atom. The first-order valence-electron chi connectivity index (χ1n) is 6.38. The molecular formula is C14H16BrNO2. The molecule has 0 amide bonds. The van der Waals surface area contributed by atoms with Gasteiger partial charge in [-0.25, -0.2) is 4.79 Å². The Hall–Kier alpha value is -1.03. The van der Waals surface area contributed by atoms with E-state index in [1.165, 1.54) is 25.7 Å². The van der Waals surface area contributed by atoms with Gasteiger partial charge in [0.15, 0.2) is 0 Å². The maximum absolute atomic E-state index is 11.2. The van der Waals surface area contributed by atoms with Crippen molar-refractivity contribution in [1.82, 2.24) is 0 Å². The molecule has 3 rings (SSSR count). The second-order valence-electron chi connectivity index (χ2n) is 5.53. The van der Waals surface area contributed by atoms with Crippen LogP contribution in [0.25, 0.3) is 0 Å². The van der Waals surface area contributed by atoms with Gasteiger partial charge in [-0.3, -0.25) is 0 Å². The second-order valence-corrected chi connectivity index (χ2v) is 6.45. The summed E-state index contributed by atoms with van der Waals surface area (Å²) in [5, 5.41) is 9.24. The molecule has 0 bridgehead atoms. The average molecular weight is 310 g/mol. The molecule has 1 N–H and O–H groups in total. The van der Waals surface area contributed by atoms with Crippen LogP contribution in [0.1, 0.15) is 36.0 Å². The summed E-state index contributed by atoms with van der Waals surface area (Å²) in [6, 6.07) is 5.39. The molecule has 2 fully saturated rings. The van der Waals surface area contributed by atoms with Gasteiger partial charge < -0.3 is 10.0 Å². The molecular weight excluding hydrogens is 294 g/mol. The number of carbonyl (C=O) groups is 1. The van der Waals surface area contributed by atoms with Gasteiger partial charge in [0, 0.05) is 23.0 Å². The fourth-order valence-electron chi connectivity index (χ4n) is 3.32. The topological polar surface area (TPSA) is 40.5 Å². The van der Waals surface area contributed by atoms with Crippen molar-refractivity contribution >= 4 is 27.6 Å². The Bertz CT molecular complexity index is 487. The van der Waals surface area contributed by atoms with E-state index in [1.807, 2.05) is 6.07 Å². The molecule has 0 radical (unpaired) electrons. The standard InChI is InChI=1S/C14H16BrNO2/c15-10-3-4-11(13(17)18)12(7-10)16-8-14(9-16)5-1-2-6-14/h3-4,7H,1-2,5-6,8-9H2,(H,17,18). The molecule has 1 spiro atoms. The maximum Gasteiger partial charge on any atom is 0.337 e.